The lowest BCUT2D eigenvalue weighted by molar-refractivity contribution is 0.251. The third kappa shape index (κ3) is 4.55. The lowest BCUT2D eigenvalue weighted by atomic mass is 10.2. The number of nitrogens with one attached hydrogen (secondary N) is 1. The molecule has 0 bridgehead atoms. The highest BCUT2D eigenvalue weighted by Gasteiger charge is 2.06. The van der Waals surface area contributed by atoms with Gasteiger partial charge < -0.3 is 19.9 Å². The van der Waals surface area contributed by atoms with Gasteiger partial charge in [0, 0.05) is 12.6 Å². The van der Waals surface area contributed by atoms with Crippen LogP contribution < -0.4 is 14.8 Å². The molecule has 4 nitrogen and oxygen atoms in total. The van der Waals surface area contributed by atoms with Crippen molar-refractivity contribution < 1.29 is 14.6 Å². The second-order valence-electron chi connectivity index (χ2n) is 4.30. The van der Waals surface area contributed by atoms with Crippen molar-refractivity contribution in [3.8, 4) is 11.5 Å². The van der Waals surface area contributed by atoms with Crippen molar-refractivity contribution >= 4 is 0 Å². The zero-order chi connectivity index (χ0) is 13.4. The molecule has 0 aliphatic carbocycles. The van der Waals surface area contributed by atoms with Crippen LogP contribution in [-0.4, -0.2) is 31.5 Å². The SMILES string of the molecule is CCCOc1ccc(CN[C@H](C)CO)cc1OC. The molecule has 1 atom stereocenters. The average molecular weight is 253 g/mol. The molecule has 0 saturated carbocycles. The van der Waals surface area contributed by atoms with Gasteiger partial charge in [-0.15, -0.1) is 0 Å². The fourth-order valence-electron chi connectivity index (χ4n) is 1.51. The lowest BCUT2D eigenvalue weighted by Gasteiger charge is -2.14. The van der Waals surface area contributed by atoms with Crippen LogP contribution in [0.15, 0.2) is 18.2 Å². The van der Waals surface area contributed by atoms with Crippen molar-refractivity contribution in [2.45, 2.75) is 32.9 Å². The summed E-state index contributed by atoms with van der Waals surface area (Å²) < 4.78 is 10.9. The predicted molar refractivity (Wildman–Crippen MR) is 72.2 cm³/mol. The molecular weight excluding hydrogens is 230 g/mol. The zero-order valence-electron chi connectivity index (χ0n) is 11.4. The predicted octanol–water partition coefficient (Wildman–Crippen LogP) is 1.95. The summed E-state index contributed by atoms with van der Waals surface area (Å²) in [6.07, 6.45) is 0.973. The smallest absolute Gasteiger partial charge is 0.161 e. The second-order valence-corrected chi connectivity index (χ2v) is 4.30. The molecule has 0 aliphatic heterocycles. The van der Waals surface area contributed by atoms with Gasteiger partial charge in [-0.1, -0.05) is 13.0 Å². The van der Waals surface area contributed by atoms with Crippen molar-refractivity contribution in [2.24, 2.45) is 0 Å². The van der Waals surface area contributed by atoms with E-state index in [1.165, 1.54) is 0 Å². The Morgan fingerprint density at radius 2 is 2.11 bits per heavy atom. The number of benzene rings is 1. The molecule has 0 aliphatic rings. The van der Waals surface area contributed by atoms with Crippen LogP contribution in [0.5, 0.6) is 11.5 Å². The summed E-state index contributed by atoms with van der Waals surface area (Å²) in [5.41, 5.74) is 1.11. The van der Waals surface area contributed by atoms with Crippen molar-refractivity contribution in [3.63, 3.8) is 0 Å². The topological polar surface area (TPSA) is 50.7 Å². The Morgan fingerprint density at radius 3 is 2.72 bits per heavy atom. The molecule has 1 rings (SSSR count). The van der Waals surface area contributed by atoms with Gasteiger partial charge in [0.1, 0.15) is 0 Å². The number of ether oxygens (including phenoxy) is 2. The first-order chi connectivity index (χ1) is 8.71. The minimum atomic E-state index is 0.0898. The van der Waals surface area contributed by atoms with E-state index in [1.807, 2.05) is 25.1 Å². The Balaban J connectivity index is 2.66. The summed E-state index contributed by atoms with van der Waals surface area (Å²) in [5, 5.41) is 12.2. The van der Waals surface area contributed by atoms with Crippen LogP contribution in [0.3, 0.4) is 0 Å². The van der Waals surface area contributed by atoms with E-state index in [1.54, 1.807) is 7.11 Å². The quantitative estimate of drug-likeness (QED) is 0.743. The fraction of sp³-hybridized carbons (Fsp3) is 0.571. The molecule has 0 spiro atoms. The summed E-state index contributed by atoms with van der Waals surface area (Å²) in [7, 11) is 1.64. The second kappa shape index (κ2) is 7.95. The van der Waals surface area contributed by atoms with Crippen LogP contribution in [0.4, 0.5) is 0 Å². The number of hydrogen-bond acceptors (Lipinski definition) is 4. The first-order valence-electron chi connectivity index (χ1n) is 6.35. The minimum Gasteiger partial charge on any atom is -0.493 e. The molecule has 0 fully saturated rings. The molecular formula is C14H23NO3. The normalized spacial score (nSPS) is 12.2. The molecule has 0 unspecified atom stereocenters. The Kier molecular flexibility index (Phi) is 6.54. The number of methoxy groups -OCH3 is 1. The molecule has 4 heteroatoms. The highest BCUT2D eigenvalue weighted by Crippen LogP contribution is 2.28. The van der Waals surface area contributed by atoms with Gasteiger partial charge in [0.2, 0.25) is 0 Å². The van der Waals surface area contributed by atoms with Crippen LogP contribution >= 0.6 is 0 Å². The third-order valence-electron chi connectivity index (χ3n) is 2.62. The van der Waals surface area contributed by atoms with E-state index in [0.717, 1.165) is 23.5 Å². The summed E-state index contributed by atoms with van der Waals surface area (Å²) in [5.74, 6) is 1.53. The first-order valence-corrected chi connectivity index (χ1v) is 6.35. The molecule has 0 radical (unpaired) electrons. The van der Waals surface area contributed by atoms with Gasteiger partial charge in [-0.2, -0.15) is 0 Å². The van der Waals surface area contributed by atoms with E-state index < -0.39 is 0 Å². The largest absolute Gasteiger partial charge is 0.493 e. The third-order valence-corrected chi connectivity index (χ3v) is 2.62. The van der Waals surface area contributed by atoms with Gasteiger partial charge in [0.15, 0.2) is 11.5 Å². The Hall–Kier alpha value is -1.26. The molecule has 0 saturated heterocycles. The van der Waals surface area contributed by atoms with Gasteiger partial charge in [-0.05, 0) is 31.0 Å². The molecule has 1 aromatic carbocycles. The van der Waals surface area contributed by atoms with Gasteiger partial charge in [0.25, 0.3) is 0 Å². The summed E-state index contributed by atoms with van der Waals surface area (Å²) in [6.45, 7) is 5.54. The van der Waals surface area contributed by atoms with Crippen LogP contribution in [0.25, 0.3) is 0 Å². The minimum absolute atomic E-state index is 0.0898. The summed E-state index contributed by atoms with van der Waals surface area (Å²) in [6, 6.07) is 5.98. The van der Waals surface area contributed by atoms with Crippen LogP contribution in [0, 0.1) is 0 Å². The highest BCUT2D eigenvalue weighted by molar-refractivity contribution is 5.42. The number of aliphatic hydroxyl groups excluding tert-OH is 1. The maximum Gasteiger partial charge on any atom is 0.161 e. The van der Waals surface area contributed by atoms with Crippen LogP contribution in [0.1, 0.15) is 25.8 Å². The molecule has 0 amide bonds. The molecule has 102 valence electrons. The Morgan fingerprint density at radius 1 is 1.33 bits per heavy atom. The number of hydrogen-bond donors (Lipinski definition) is 2. The maximum absolute atomic E-state index is 8.95. The fourth-order valence-corrected chi connectivity index (χ4v) is 1.51. The molecule has 1 aromatic rings. The average Bonchev–Trinajstić information content (AvgIpc) is 2.42. The zero-order valence-corrected chi connectivity index (χ0v) is 11.4. The summed E-state index contributed by atoms with van der Waals surface area (Å²) >= 11 is 0. The Labute approximate surface area is 109 Å². The maximum atomic E-state index is 8.95. The van der Waals surface area contributed by atoms with E-state index in [-0.39, 0.29) is 12.6 Å². The number of aliphatic hydroxyl groups is 1. The molecule has 0 aromatic heterocycles. The van der Waals surface area contributed by atoms with E-state index in [4.69, 9.17) is 14.6 Å². The van der Waals surface area contributed by atoms with E-state index in [9.17, 15) is 0 Å². The van der Waals surface area contributed by atoms with E-state index in [2.05, 4.69) is 12.2 Å². The highest BCUT2D eigenvalue weighted by atomic mass is 16.5. The van der Waals surface area contributed by atoms with E-state index >= 15 is 0 Å². The standard InChI is InChI=1S/C14H23NO3/c1-4-7-18-13-6-5-12(8-14(13)17-3)9-15-11(2)10-16/h5-6,8,11,15-16H,4,7,9-10H2,1-3H3/t11-/m1/s1. The van der Waals surface area contributed by atoms with Gasteiger partial charge in [-0.25, -0.2) is 0 Å². The van der Waals surface area contributed by atoms with Crippen molar-refractivity contribution in [1.82, 2.24) is 5.32 Å². The van der Waals surface area contributed by atoms with Gasteiger partial charge in [-0.3, -0.25) is 0 Å². The monoisotopic (exact) mass is 253 g/mol. The Bertz CT molecular complexity index is 355. The van der Waals surface area contributed by atoms with Crippen molar-refractivity contribution in [2.75, 3.05) is 20.3 Å². The van der Waals surface area contributed by atoms with E-state index in [0.29, 0.717) is 13.2 Å². The van der Waals surface area contributed by atoms with Gasteiger partial charge in [0.05, 0.1) is 20.3 Å². The van der Waals surface area contributed by atoms with Crippen LogP contribution in [-0.2, 0) is 6.54 Å². The molecule has 18 heavy (non-hydrogen) atoms. The van der Waals surface area contributed by atoms with Crippen LogP contribution in [0.2, 0.25) is 0 Å². The summed E-state index contributed by atoms with van der Waals surface area (Å²) in [4.78, 5) is 0. The van der Waals surface area contributed by atoms with Gasteiger partial charge >= 0.3 is 0 Å². The van der Waals surface area contributed by atoms with Crippen molar-refractivity contribution in [1.29, 1.82) is 0 Å². The first kappa shape index (κ1) is 14.8. The molecule has 0 heterocycles. The number of rotatable bonds is 8. The van der Waals surface area contributed by atoms with Crippen molar-refractivity contribution in [3.05, 3.63) is 23.8 Å². The molecule has 2 N–H and O–H groups in total. The lowest BCUT2D eigenvalue weighted by Crippen LogP contribution is -2.28.